The molecule has 1 aromatic heterocycles. The van der Waals surface area contributed by atoms with Crippen molar-refractivity contribution in [1.29, 1.82) is 0 Å². The number of hydrogen-bond donors (Lipinski definition) is 1. The van der Waals surface area contributed by atoms with E-state index in [1.54, 1.807) is 22.6 Å². The summed E-state index contributed by atoms with van der Waals surface area (Å²) in [6, 6.07) is 0. The maximum Gasteiger partial charge on any atom is 0.265 e. The first-order chi connectivity index (χ1) is 6.49. The Morgan fingerprint density at radius 1 is 1.57 bits per heavy atom. The van der Waals surface area contributed by atoms with Gasteiger partial charge in [-0.25, -0.2) is 13.4 Å². The third-order valence-electron chi connectivity index (χ3n) is 1.41. The van der Waals surface area contributed by atoms with E-state index in [2.05, 4.69) is 9.97 Å². The molecule has 1 rings (SSSR count). The molecule has 0 saturated carbocycles. The molecule has 0 atom stereocenters. The Bertz CT molecular complexity index is 484. The molecule has 78 valence electrons. The van der Waals surface area contributed by atoms with Gasteiger partial charge in [-0.2, -0.15) is 0 Å². The highest BCUT2D eigenvalue weighted by atomic mass is 127. The standard InChI is InChI=1S/C6H6ClIN2O3S/c7-1-2-14(12,13)6-4(8)5(11)9-3-10-6/h3H,1-2H2,(H,9,10,11). The molecule has 0 aromatic carbocycles. The first kappa shape index (κ1) is 11.9. The topological polar surface area (TPSA) is 79.9 Å². The zero-order valence-electron chi connectivity index (χ0n) is 6.83. The van der Waals surface area contributed by atoms with Gasteiger partial charge in [-0.15, -0.1) is 11.6 Å². The van der Waals surface area contributed by atoms with E-state index < -0.39 is 15.4 Å². The summed E-state index contributed by atoms with van der Waals surface area (Å²) in [5.41, 5.74) is -0.464. The average molecular weight is 349 g/mol. The second-order valence-electron chi connectivity index (χ2n) is 2.36. The lowest BCUT2D eigenvalue weighted by molar-refractivity contribution is 0.592. The molecule has 0 spiro atoms. The number of nitrogens with one attached hydrogen (secondary N) is 1. The molecule has 0 amide bonds. The molecule has 0 aliphatic rings. The summed E-state index contributed by atoms with van der Waals surface area (Å²) in [7, 11) is -3.53. The van der Waals surface area contributed by atoms with Gasteiger partial charge in [0.1, 0.15) is 3.57 Å². The lowest BCUT2D eigenvalue weighted by Gasteiger charge is -2.01. The summed E-state index contributed by atoms with van der Waals surface area (Å²) in [6.45, 7) is 0. The van der Waals surface area contributed by atoms with Crippen molar-refractivity contribution in [2.24, 2.45) is 0 Å². The van der Waals surface area contributed by atoms with E-state index in [9.17, 15) is 13.2 Å². The molecule has 1 N–H and O–H groups in total. The lowest BCUT2D eigenvalue weighted by Crippen LogP contribution is -2.19. The molecule has 1 heterocycles. The van der Waals surface area contributed by atoms with Gasteiger partial charge in [0.25, 0.3) is 5.56 Å². The number of nitrogens with zero attached hydrogens (tertiary/aromatic N) is 1. The minimum atomic E-state index is -3.53. The Balaban J connectivity index is 3.34. The van der Waals surface area contributed by atoms with E-state index in [1.807, 2.05) is 0 Å². The maximum absolute atomic E-state index is 11.5. The van der Waals surface area contributed by atoms with Gasteiger partial charge in [0.15, 0.2) is 14.9 Å². The number of H-pyrrole nitrogens is 1. The van der Waals surface area contributed by atoms with Crippen molar-refractivity contribution >= 4 is 44.0 Å². The van der Waals surface area contributed by atoms with Gasteiger partial charge >= 0.3 is 0 Å². The maximum atomic E-state index is 11.5. The Hall–Kier alpha value is -0.150. The third-order valence-corrected chi connectivity index (χ3v) is 4.83. The fraction of sp³-hybridized carbons (Fsp3) is 0.333. The van der Waals surface area contributed by atoms with Crippen LogP contribution < -0.4 is 5.56 Å². The second-order valence-corrected chi connectivity index (χ2v) is 5.84. The Kier molecular flexibility index (Phi) is 3.90. The van der Waals surface area contributed by atoms with Gasteiger partial charge in [-0.05, 0) is 22.6 Å². The summed E-state index contributed by atoms with van der Waals surface area (Å²) in [5.74, 6) is -0.242. The summed E-state index contributed by atoms with van der Waals surface area (Å²) in [5, 5.41) is -0.206. The van der Waals surface area contributed by atoms with Crippen LogP contribution in [0.2, 0.25) is 0 Å². The predicted octanol–water partition coefficient (Wildman–Crippen LogP) is 0.387. The number of hydrogen-bond acceptors (Lipinski definition) is 4. The predicted molar refractivity (Wildman–Crippen MR) is 60.3 cm³/mol. The molecule has 0 radical (unpaired) electrons. The van der Waals surface area contributed by atoms with Gasteiger partial charge in [0, 0.05) is 5.88 Å². The molecule has 5 nitrogen and oxygen atoms in total. The normalized spacial score (nSPS) is 11.6. The van der Waals surface area contributed by atoms with Crippen molar-refractivity contribution < 1.29 is 8.42 Å². The lowest BCUT2D eigenvalue weighted by atomic mass is 10.7. The van der Waals surface area contributed by atoms with E-state index in [-0.39, 0.29) is 20.2 Å². The van der Waals surface area contributed by atoms with Crippen LogP contribution in [0.3, 0.4) is 0 Å². The first-order valence-electron chi connectivity index (χ1n) is 3.51. The van der Waals surface area contributed by atoms with Gasteiger partial charge < -0.3 is 4.98 Å². The van der Waals surface area contributed by atoms with Crippen LogP contribution in [0.25, 0.3) is 0 Å². The summed E-state index contributed by atoms with van der Waals surface area (Å²) in [6.07, 6.45) is 1.06. The Morgan fingerprint density at radius 3 is 2.79 bits per heavy atom. The van der Waals surface area contributed by atoms with Crippen LogP contribution >= 0.6 is 34.2 Å². The Labute approximate surface area is 99.0 Å². The van der Waals surface area contributed by atoms with Crippen LogP contribution in [0.15, 0.2) is 16.1 Å². The number of rotatable bonds is 3. The highest BCUT2D eigenvalue weighted by molar-refractivity contribution is 14.1. The molecule has 0 bridgehead atoms. The zero-order valence-corrected chi connectivity index (χ0v) is 10.6. The highest BCUT2D eigenvalue weighted by Gasteiger charge is 2.20. The molecule has 1 aromatic rings. The SMILES string of the molecule is O=c1[nH]cnc(S(=O)(=O)CCCl)c1I. The average Bonchev–Trinajstić information content (AvgIpc) is 2.09. The van der Waals surface area contributed by atoms with Gasteiger partial charge in [-0.3, -0.25) is 4.79 Å². The van der Waals surface area contributed by atoms with E-state index in [0.717, 1.165) is 6.33 Å². The molecule has 0 aliphatic carbocycles. The van der Waals surface area contributed by atoms with Crippen LogP contribution in [-0.4, -0.2) is 30.0 Å². The van der Waals surface area contributed by atoms with Crippen LogP contribution in [-0.2, 0) is 9.84 Å². The molecule has 14 heavy (non-hydrogen) atoms. The fourth-order valence-corrected chi connectivity index (χ4v) is 3.67. The minimum absolute atomic E-state index is 0.0209. The molecule has 0 aliphatic heterocycles. The monoisotopic (exact) mass is 348 g/mol. The number of sulfone groups is 1. The van der Waals surface area contributed by atoms with E-state index >= 15 is 0 Å². The molecule has 0 unspecified atom stereocenters. The summed E-state index contributed by atoms with van der Waals surface area (Å²) >= 11 is 6.97. The van der Waals surface area contributed by atoms with Crippen molar-refractivity contribution in [3.05, 3.63) is 20.3 Å². The van der Waals surface area contributed by atoms with Crippen LogP contribution in [0.5, 0.6) is 0 Å². The van der Waals surface area contributed by atoms with Crippen LogP contribution in [0.4, 0.5) is 0 Å². The van der Waals surface area contributed by atoms with Crippen molar-refractivity contribution in [2.75, 3.05) is 11.6 Å². The van der Waals surface area contributed by atoms with Crippen molar-refractivity contribution in [3.8, 4) is 0 Å². The molecular formula is C6H6ClIN2O3S. The number of halogens is 2. The highest BCUT2D eigenvalue weighted by Crippen LogP contribution is 2.12. The van der Waals surface area contributed by atoms with Crippen molar-refractivity contribution in [2.45, 2.75) is 5.03 Å². The zero-order chi connectivity index (χ0) is 10.8. The minimum Gasteiger partial charge on any atom is -0.312 e. The van der Waals surface area contributed by atoms with Crippen LogP contribution in [0.1, 0.15) is 0 Å². The van der Waals surface area contributed by atoms with E-state index in [4.69, 9.17) is 11.6 Å². The first-order valence-corrected chi connectivity index (χ1v) is 6.77. The number of aromatic nitrogens is 2. The molecule has 0 saturated heterocycles. The second kappa shape index (κ2) is 4.58. The van der Waals surface area contributed by atoms with E-state index in [1.165, 1.54) is 0 Å². The molecule has 0 fully saturated rings. The summed E-state index contributed by atoms with van der Waals surface area (Å²) < 4.78 is 23.1. The van der Waals surface area contributed by atoms with Gasteiger partial charge in [-0.1, -0.05) is 0 Å². The van der Waals surface area contributed by atoms with Gasteiger partial charge in [0.05, 0.1) is 12.1 Å². The number of aromatic amines is 1. The summed E-state index contributed by atoms with van der Waals surface area (Å²) in [4.78, 5) is 17.0. The van der Waals surface area contributed by atoms with Crippen molar-refractivity contribution in [3.63, 3.8) is 0 Å². The quantitative estimate of drug-likeness (QED) is 0.487. The fourth-order valence-electron chi connectivity index (χ4n) is 0.782. The smallest absolute Gasteiger partial charge is 0.265 e. The number of alkyl halides is 1. The van der Waals surface area contributed by atoms with Crippen LogP contribution in [0, 0.1) is 3.57 Å². The Morgan fingerprint density at radius 2 is 2.21 bits per heavy atom. The van der Waals surface area contributed by atoms with Gasteiger partial charge in [0.2, 0.25) is 0 Å². The van der Waals surface area contributed by atoms with E-state index in [0.29, 0.717) is 0 Å². The van der Waals surface area contributed by atoms with Crippen molar-refractivity contribution in [1.82, 2.24) is 9.97 Å². The third kappa shape index (κ3) is 2.45. The molecule has 8 heteroatoms. The molecular weight excluding hydrogens is 343 g/mol. The largest absolute Gasteiger partial charge is 0.312 e.